The lowest BCUT2D eigenvalue weighted by Gasteiger charge is -2.26. The summed E-state index contributed by atoms with van der Waals surface area (Å²) in [7, 11) is -2.15. The van der Waals surface area contributed by atoms with Crippen LogP contribution in [0.4, 0.5) is 4.79 Å². The summed E-state index contributed by atoms with van der Waals surface area (Å²) in [5.41, 5.74) is 0.760. The minimum Gasteiger partial charge on any atom is -0.434 e. The highest BCUT2D eigenvalue weighted by atomic mass is 31.2. The van der Waals surface area contributed by atoms with Crippen LogP contribution in [-0.2, 0) is 39.2 Å². The molecule has 0 heterocycles. The molecule has 0 aromatic heterocycles. The number of nitrogens with one attached hydrogen (secondary N) is 1. The first-order valence-electron chi connectivity index (χ1n) is 14.0. The molecule has 0 bridgehead atoms. The minimum atomic E-state index is -4.48. The van der Waals surface area contributed by atoms with Crippen LogP contribution in [0.3, 0.4) is 0 Å². The second-order valence-corrected chi connectivity index (χ2v) is 10.5. The van der Waals surface area contributed by atoms with E-state index in [4.69, 9.17) is 18.7 Å². The molecule has 5 atom stereocenters. The summed E-state index contributed by atoms with van der Waals surface area (Å²) in [6, 6.07) is 8.25. The second kappa shape index (κ2) is 23.0. The molecule has 0 spiro atoms. The highest BCUT2D eigenvalue weighted by Gasteiger charge is 2.48. The van der Waals surface area contributed by atoms with Crippen LogP contribution in [0.25, 0.3) is 0 Å². The van der Waals surface area contributed by atoms with Gasteiger partial charge in [0, 0.05) is 37.9 Å². The molecule has 0 saturated heterocycles. The lowest BCUT2D eigenvalue weighted by atomic mass is 10.1. The van der Waals surface area contributed by atoms with Gasteiger partial charge in [0.15, 0.2) is 0 Å². The Morgan fingerprint density at radius 3 is 1.78 bits per heavy atom. The standard InChI is InChI=1S/C38H26NO9P/c1-4-5-6-7-8-9-10-11-12-13-14-15-16-17-18-19-20-21-25-28-35(40)39-34-29-33(36(37(34)44-2)48-49(42,43)45-3)31-47-38(41)46-30-32-26-23-22-24-27-32/h22-24,26-27,33-34,36-37H,29-31H2,1-3H3,(H,39,40)(H,42,43)/t33-,34+,36+,37?/m1/s1. The Bertz CT molecular complexity index is 2060. The second-order valence-electron chi connectivity index (χ2n) is 8.96. The lowest BCUT2D eigenvalue weighted by molar-refractivity contribution is -0.117. The summed E-state index contributed by atoms with van der Waals surface area (Å²) in [6.07, 6.45) is -2.82. The van der Waals surface area contributed by atoms with Crippen LogP contribution in [0.2, 0.25) is 0 Å². The number of hydrogen-bond acceptors (Lipinski definition) is 8. The van der Waals surface area contributed by atoms with Crippen molar-refractivity contribution in [3.8, 4) is 118 Å². The molecular formula is C38H26NO9P. The van der Waals surface area contributed by atoms with E-state index >= 15 is 0 Å². The van der Waals surface area contributed by atoms with Gasteiger partial charge in [-0.25, -0.2) is 9.36 Å². The molecule has 2 N–H and O–H groups in total. The molecule has 0 aliphatic heterocycles. The van der Waals surface area contributed by atoms with E-state index in [0.29, 0.717) is 0 Å². The maximum Gasteiger partial charge on any atom is 0.508 e. The Morgan fingerprint density at radius 1 is 0.776 bits per heavy atom. The van der Waals surface area contributed by atoms with Crippen molar-refractivity contribution in [3.63, 3.8) is 0 Å². The number of ether oxygens (including phenoxy) is 3. The monoisotopic (exact) mass is 671 g/mol. The topological polar surface area (TPSA) is 130 Å². The minimum absolute atomic E-state index is 0.00818. The molecule has 1 aromatic rings. The lowest BCUT2D eigenvalue weighted by Crippen LogP contribution is -2.44. The summed E-state index contributed by atoms with van der Waals surface area (Å²) in [5.74, 6) is 48.0. The van der Waals surface area contributed by atoms with Crippen LogP contribution in [0.1, 0.15) is 18.9 Å². The Balaban J connectivity index is 1.93. The number of phosphoric ester groups is 1. The van der Waals surface area contributed by atoms with E-state index < -0.39 is 44.1 Å². The number of amides is 1. The van der Waals surface area contributed by atoms with Crippen molar-refractivity contribution in [3.05, 3.63) is 35.9 Å². The average Bonchev–Trinajstić information content (AvgIpc) is 3.41. The third-order valence-corrected chi connectivity index (χ3v) is 6.77. The van der Waals surface area contributed by atoms with E-state index in [1.807, 2.05) is 6.07 Å². The highest BCUT2D eigenvalue weighted by Crippen LogP contribution is 2.48. The summed E-state index contributed by atoms with van der Waals surface area (Å²) in [5, 5.41) is 2.66. The molecule has 11 heteroatoms. The third kappa shape index (κ3) is 16.7. The molecular weight excluding hydrogens is 645 g/mol. The van der Waals surface area contributed by atoms with Gasteiger partial charge in [-0.2, -0.15) is 0 Å². The Hall–Kier alpha value is -6.37. The fourth-order valence-electron chi connectivity index (χ4n) is 3.83. The number of methoxy groups -OCH3 is 1. The van der Waals surface area contributed by atoms with Crippen molar-refractivity contribution < 1.29 is 42.3 Å². The van der Waals surface area contributed by atoms with E-state index in [0.717, 1.165) is 12.7 Å². The van der Waals surface area contributed by atoms with Gasteiger partial charge in [0.2, 0.25) is 0 Å². The summed E-state index contributed by atoms with van der Waals surface area (Å²) in [4.78, 5) is 34.6. The normalized spacial score (nSPS) is 16.9. The quantitative estimate of drug-likeness (QED) is 0.230. The first-order valence-corrected chi connectivity index (χ1v) is 15.5. The number of hydrogen-bond donors (Lipinski definition) is 2. The summed E-state index contributed by atoms with van der Waals surface area (Å²) < 4.78 is 37.9. The van der Waals surface area contributed by atoms with Crippen LogP contribution in [0.15, 0.2) is 30.3 Å². The maximum absolute atomic E-state index is 12.5. The number of carbonyl (C=O) groups excluding carboxylic acids is 2. The van der Waals surface area contributed by atoms with E-state index in [9.17, 15) is 19.0 Å². The zero-order chi connectivity index (χ0) is 35.6. The van der Waals surface area contributed by atoms with Crippen molar-refractivity contribution in [2.75, 3.05) is 20.8 Å². The molecule has 1 amide bonds. The molecule has 242 valence electrons. The van der Waals surface area contributed by atoms with Crippen molar-refractivity contribution >= 4 is 19.9 Å². The van der Waals surface area contributed by atoms with E-state index in [1.54, 1.807) is 31.2 Å². The van der Waals surface area contributed by atoms with Crippen molar-refractivity contribution in [2.45, 2.75) is 38.2 Å². The number of rotatable bonds is 9. The zero-order valence-corrected chi connectivity index (χ0v) is 27.4. The molecule has 1 aromatic carbocycles. The fraction of sp³-hybridized carbons (Fsp3) is 0.263. The van der Waals surface area contributed by atoms with E-state index in [2.05, 4.69) is 128 Å². The van der Waals surface area contributed by atoms with Gasteiger partial charge in [-0.05, 0) is 114 Å². The summed E-state index contributed by atoms with van der Waals surface area (Å²) >= 11 is 0. The predicted octanol–water partition coefficient (Wildman–Crippen LogP) is 2.05. The van der Waals surface area contributed by atoms with Crippen LogP contribution >= 0.6 is 7.82 Å². The van der Waals surface area contributed by atoms with Crippen molar-refractivity contribution in [1.29, 1.82) is 0 Å². The van der Waals surface area contributed by atoms with E-state index in [1.165, 1.54) is 7.11 Å². The molecule has 2 rings (SSSR count). The van der Waals surface area contributed by atoms with Gasteiger partial charge in [-0.1, -0.05) is 36.3 Å². The van der Waals surface area contributed by atoms with Gasteiger partial charge in [0.25, 0.3) is 5.91 Å². The van der Waals surface area contributed by atoms with Gasteiger partial charge in [0.1, 0.15) is 25.4 Å². The number of carbonyl (C=O) groups is 2. The Kier molecular flexibility index (Phi) is 18.2. The zero-order valence-electron chi connectivity index (χ0n) is 26.5. The number of phosphoric acid groups is 1. The van der Waals surface area contributed by atoms with Crippen LogP contribution < -0.4 is 5.32 Å². The molecule has 2 unspecified atom stereocenters. The van der Waals surface area contributed by atoms with Gasteiger partial charge < -0.3 is 24.4 Å². The Morgan fingerprint density at radius 2 is 1.29 bits per heavy atom. The maximum atomic E-state index is 12.5. The fourth-order valence-corrected chi connectivity index (χ4v) is 4.51. The van der Waals surface area contributed by atoms with Gasteiger partial charge in [-0.15, -0.1) is 0 Å². The molecule has 1 aliphatic carbocycles. The van der Waals surface area contributed by atoms with Crippen LogP contribution in [-0.4, -0.2) is 56.0 Å². The predicted molar refractivity (Wildman–Crippen MR) is 179 cm³/mol. The van der Waals surface area contributed by atoms with Gasteiger partial charge in [-0.3, -0.25) is 13.8 Å². The number of benzene rings is 1. The van der Waals surface area contributed by atoms with Gasteiger partial charge in [0.05, 0.1) is 6.04 Å². The molecule has 1 saturated carbocycles. The first-order chi connectivity index (χ1) is 23.8. The van der Waals surface area contributed by atoms with E-state index in [-0.39, 0.29) is 19.6 Å². The smallest absolute Gasteiger partial charge is 0.434 e. The molecule has 1 aliphatic rings. The molecule has 10 nitrogen and oxygen atoms in total. The van der Waals surface area contributed by atoms with Crippen molar-refractivity contribution in [2.24, 2.45) is 5.92 Å². The van der Waals surface area contributed by atoms with Crippen LogP contribution in [0.5, 0.6) is 0 Å². The molecule has 49 heavy (non-hydrogen) atoms. The Labute approximate surface area is 286 Å². The first kappa shape index (κ1) is 38.8. The third-order valence-electron chi connectivity index (χ3n) is 5.79. The molecule has 1 fully saturated rings. The average molecular weight is 672 g/mol. The summed E-state index contributed by atoms with van der Waals surface area (Å²) in [6.45, 7) is 1.40. The SMILES string of the molecule is CC#CC#CC#CC#CC#CC#CC#CC#CC#CC#CC(=O)N[C@H]1C[C@H](COC(=O)OCc2ccccc2)[C@H](OP(=O)(O)OC)C1OC. The van der Waals surface area contributed by atoms with Crippen LogP contribution in [0, 0.1) is 124 Å². The largest absolute Gasteiger partial charge is 0.508 e. The highest BCUT2D eigenvalue weighted by molar-refractivity contribution is 7.47. The van der Waals surface area contributed by atoms with Gasteiger partial charge >= 0.3 is 14.0 Å². The molecule has 0 radical (unpaired) electrons. The van der Waals surface area contributed by atoms with Crippen molar-refractivity contribution in [1.82, 2.24) is 5.32 Å².